The van der Waals surface area contributed by atoms with E-state index in [1.165, 1.54) is 16.7 Å². The lowest BCUT2D eigenvalue weighted by Crippen LogP contribution is -2.04. The van der Waals surface area contributed by atoms with Crippen molar-refractivity contribution in [3.05, 3.63) is 64.7 Å². The maximum absolute atomic E-state index is 5.95. The summed E-state index contributed by atoms with van der Waals surface area (Å²) in [6.45, 7) is 5.49. The summed E-state index contributed by atoms with van der Waals surface area (Å²) < 4.78 is 5.95. The van der Waals surface area contributed by atoms with Crippen molar-refractivity contribution in [1.29, 1.82) is 0 Å². The van der Waals surface area contributed by atoms with Crippen LogP contribution in [0.25, 0.3) is 0 Å². The fourth-order valence-corrected chi connectivity index (χ4v) is 2.48. The number of ether oxygens (including phenoxy) is 1. The minimum absolute atomic E-state index is 0.579. The van der Waals surface area contributed by atoms with Crippen molar-refractivity contribution >= 4 is 0 Å². The van der Waals surface area contributed by atoms with Crippen LogP contribution in [0.4, 0.5) is 0 Å². The van der Waals surface area contributed by atoms with Gasteiger partial charge < -0.3 is 10.5 Å². The fraction of sp³-hybridized carbons (Fsp3) is 0.333. The van der Waals surface area contributed by atoms with E-state index in [0.717, 1.165) is 30.8 Å². The average molecular weight is 269 g/mol. The van der Waals surface area contributed by atoms with Gasteiger partial charge in [-0.1, -0.05) is 42.5 Å². The topological polar surface area (TPSA) is 35.2 Å². The molecule has 0 saturated heterocycles. The van der Waals surface area contributed by atoms with Crippen molar-refractivity contribution in [1.82, 2.24) is 0 Å². The van der Waals surface area contributed by atoms with Crippen molar-refractivity contribution in [3.8, 4) is 5.75 Å². The molecule has 2 rings (SSSR count). The second-order valence-corrected chi connectivity index (χ2v) is 5.20. The SMILES string of the molecule is Cc1cc(CN)cc(C)c1OCCCc1ccccc1. The molecule has 0 saturated carbocycles. The zero-order valence-electron chi connectivity index (χ0n) is 12.4. The molecule has 20 heavy (non-hydrogen) atoms. The van der Waals surface area contributed by atoms with Gasteiger partial charge in [0.25, 0.3) is 0 Å². The summed E-state index contributed by atoms with van der Waals surface area (Å²) in [7, 11) is 0. The molecule has 0 amide bonds. The molecular formula is C18H23NO. The lowest BCUT2D eigenvalue weighted by Gasteiger charge is -2.13. The Morgan fingerprint density at radius 1 is 0.950 bits per heavy atom. The van der Waals surface area contributed by atoms with Gasteiger partial charge in [0.1, 0.15) is 5.75 Å². The van der Waals surface area contributed by atoms with Crippen molar-refractivity contribution < 1.29 is 4.74 Å². The highest BCUT2D eigenvalue weighted by molar-refractivity contribution is 5.43. The molecule has 0 aliphatic heterocycles. The molecule has 2 nitrogen and oxygen atoms in total. The Labute approximate surface area is 121 Å². The van der Waals surface area contributed by atoms with Crippen molar-refractivity contribution in [2.45, 2.75) is 33.2 Å². The van der Waals surface area contributed by atoms with Gasteiger partial charge in [0, 0.05) is 6.54 Å². The van der Waals surface area contributed by atoms with Crippen molar-refractivity contribution in [3.63, 3.8) is 0 Å². The minimum atomic E-state index is 0.579. The molecule has 2 aromatic rings. The normalized spacial score (nSPS) is 10.6. The van der Waals surface area contributed by atoms with Gasteiger partial charge in [-0.15, -0.1) is 0 Å². The molecule has 0 aromatic heterocycles. The predicted molar refractivity (Wildman–Crippen MR) is 84.1 cm³/mol. The number of rotatable bonds is 6. The maximum Gasteiger partial charge on any atom is 0.125 e. The summed E-state index contributed by atoms with van der Waals surface area (Å²) in [5.41, 5.74) is 10.6. The minimum Gasteiger partial charge on any atom is -0.493 e. The van der Waals surface area contributed by atoms with Crippen LogP contribution >= 0.6 is 0 Å². The molecule has 0 atom stereocenters. The van der Waals surface area contributed by atoms with Gasteiger partial charge in [0.2, 0.25) is 0 Å². The zero-order chi connectivity index (χ0) is 14.4. The maximum atomic E-state index is 5.95. The zero-order valence-corrected chi connectivity index (χ0v) is 12.4. The van der Waals surface area contributed by atoms with E-state index < -0.39 is 0 Å². The van der Waals surface area contributed by atoms with Crippen LogP contribution in [-0.4, -0.2) is 6.61 Å². The number of benzene rings is 2. The van der Waals surface area contributed by atoms with E-state index >= 15 is 0 Å². The first-order valence-electron chi connectivity index (χ1n) is 7.17. The standard InChI is InChI=1S/C18H23NO/c1-14-11-17(13-19)12-15(2)18(14)20-10-6-9-16-7-4-3-5-8-16/h3-5,7-8,11-12H,6,9-10,13,19H2,1-2H3. The van der Waals surface area contributed by atoms with Crippen LogP contribution in [0.2, 0.25) is 0 Å². The Balaban J connectivity index is 1.88. The van der Waals surface area contributed by atoms with Gasteiger partial charge in [-0.2, -0.15) is 0 Å². The quantitative estimate of drug-likeness (QED) is 0.810. The summed E-state index contributed by atoms with van der Waals surface area (Å²) in [4.78, 5) is 0. The van der Waals surface area contributed by atoms with Crippen LogP contribution in [0.15, 0.2) is 42.5 Å². The van der Waals surface area contributed by atoms with Gasteiger partial charge in [-0.3, -0.25) is 0 Å². The summed E-state index contributed by atoms with van der Waals surface area (Å²) >= 11 is 0. The third-order valence-electron chi connectivity index (χ3n) is 3.45. The Hall–Kier alpha value is -1.80. The van der Waals surface area contributed by atoms with E-state index in [4.69, 9.17) is 10.5 Å². The van der Waals surface area contributed by atoms with Crippen LogP contribution in [0.1, 0.15) is 28.7 Å². The smallest absolute Gasteiger partial charge is 0.125 e. The van der Waals surface area contributed by atoms with Gasteiger partial charge in [0.05, 0.1) is 6.61 Å². The summed E-state index contributed by atoms with van der Waals surface area (Å²) in [5, 5.41) is 0. The molecule has 2 aromatic carbocycles. The molecule has 0 aliphatic rings. The Kier molecular flexibility index (Phi) is 5.19. The summed E-state index contributed by atoms with van der Waals surface area (Å²) in [6.07, 6.45) is 2.08. The molecular weight excluding hydrogens is 246 g/mol. The second kappa shape index (κ2) is 7.11. The largest absolute Gasteiger partial charge is 0.493 e. The molecule has 0 heterocycles. The van der Waals surface area contributed by atoms with Crippen LogP contribution in [0.3, 0.4) is 0 Å². The highest BCUT2D eigenvalue weighted by Crippen LogP contribution is 2.25. The molecule has 2 N–H and O–H groups in total. The van der Waals surface area contributed by atoms with E-state index in [1.54, 1.807) is 0 Å². The first-order chi connectivity index (χ1) is 9.70. The number of hydrogen-bond donors (Lipinski definition) is 1. The predicted octanol–water partition coefficient (Wildman–Crippen LogP) is 3.77. The molecule has 0 bridgehead atoms. The highest BCUT2D eigenvalue weighted by atomic mass is 16.5. The van der Waals surface area contributed by atoms with Gasteiger partial charge in [-0.25, -0.2) is 0 Å². The Bertz CT molecular complexity index is 526. The molecule has 0 radical (unpaired) electrons. The van der Waals surface area contributed by atoms with Gasteiger partial charge >= 0.3 is 0 Å². The molecule has 0 fully saturated rings. The highest BCUT2D eigenvalue weighted by Gasteiger charge is 2.05. The Morgan fingerprint density at radius 2 is 1.60 bits per heavy atom. The van der Waals surface area contributed by atoms with Crippen molar-refractivity contribution in [2.75, 3.05) is 6.61 Å². The van der Waals surface area contributed by atoms with Crippen LogP contribution in [0, 0.1) is 13.8 Å². The lowest BCUT2D eigenvalue weighted by atomic mass is 10.1. The summed E-state index contributed by atoms with van der Waals surface area (Å²) in [5.74, 6) is 1.01. The number of hydrogen-bond acceptors (Lipinski definition) is 2. The van der Waals surface area contributed by atoms with E-state index in [1.807, 2.05) is 6.07 Å². The molecule has 106 valence electrons. The summed E-state index contributed by atoms with van der Waals surface area (Å²) in [6, 6.07) is 14.7. The lowest BCUT2D eigenvalue weighted by molar-refractivity contribution is 0.307. The van der Waals surface area contributed by atoms with E-state index in [-0.39, 0.29) is 0 Å². The average Bonchev–Trinajstić information content (AvgIpc) is 2.46. The monoisotopic (exact) mass is 269 g/mol. The third kappa shape index (κ3) is 3.84. The van der Waals surface area contributed by atoms with Crippen LogP contribution in [0.5, 0.6) is 5.75 Å². The first-order valence-corrected chi connectivity index (χ1v) is 7.17. The number of aryl methyl sites for hydroxylation is 3. The Morgan fingerprint density at radius 3 is 2.20 bits per heavy atom. The van der Waals surface area contributed by atoms with E-state index in [2.05, 4.69) is 50.2 Å². The van der Waals surface area contributed by atoms with E-state index in [0.29, 0.717) is 6.54 Å². The van der Waals surface area contributed by atoms with Crippen LogP contribution < -0.4 is 10.5 Å². The first kappa shape index (κ1) is 14.6. The number of nitrogens with two attached hydrogens (primary N) is 1. The second-order valence-electron chi connectivity index (χ2n) is 5.20. The molecule has 0 spiro atoms. The molecule has 2 heteroatoms. The van der Waals surface area contributed by atoms with Crippen LogP contribution in [-0.2, 0) is 13.0 Å². The van der Waals surface area contributed by atoms with Crippen molar-refractivity contribution in [2.24, 2.45) is 5.73 Å². The third-order valence-corrected chi connectivity index (χ3v) is 3.45. The van der Waals surface area contributed by atoms with Gasteiger partial charge in [0.15, 0.2) is 0 Å². The van der Waals surface area contributed by atoms with Gasteiger partial charge in [-0.05, 0) is 48.9 Å². The molecule has 0 aliphatic carbocycles. The molecule has 0 unspecified atom stereocenters. The fourth-order valence-electron chi connectivity index (χ4n) is 2.48. The van der Waals surface area contributed by atoms with E-state index in [9.17, 15) is 0 Å².